The molecule has 0 fully saturated rings. The van der Waals surface area contributed by atoms with Gasteiger partial charge in [0.1, 0.15) is 5.75 Å². The van der Waals surface area contributed by atoms with Gasteiger partial charge in [-0.1, -0.05) is 24.3 Å². The number of methoxy groups -OCH3 is 1. The summed E-state index contributed by atoms with van der Waals surface area (Å²) < 4.78 is 5.28. The third kappa shape index (κ3) is 3.58. The van der Waals surface area contributed by atoms with E-state index in [0.29, 0.717) is 18.7 Å². The minimum Gasteiger partial charge on any atom is -0.497 e. The number of carbonyl (C=O) groups is 1. The van der Waals surface area contributed by atoms with Crippen LogP contribution in [0.15, 0.2) is 60.7 Å². The highest BCUT2D eigenvalue weighted by Gasteiger charge is 2.09. The number of carbonyl (C=O) groups excluding carboxylic acids is 1. The van der Waals surface area contributed by atoms with Gasteiger partial charge in [-0.05, 0) is 41.5 Å². The molecule has 4 rings (SSSR count). The lowest BCUT2D eigenvalue weighted by molar-refractivity contribution is -0.120. The van der Waals surface area contributed by atoms with Crippen molar-refractivity contribution in [3.63, 3.8) is 0 Å². The fraction of sp³-hybridized carbons (Fsp3) is 0.136. The third-order valence-electron chi connectivity index (χ3n) is 4.68. The molecule has 0 aliphatic heterocycles. The highest BCUT2D eigenvalue weighted by molar-refractivity contribution is 6.07. The Bertz CT molecular complexity index is 1130. The minimum absolute atomic E-state index is 0.0189. The zero-order valence-corrected chi connectivity index (χ0v) is 15.1. The van der Waals surface area contributed by atoms with Gasteiger partial charge in [-0.3, -0.25) is 4.79 Å². The van der Waals surface area contributed by atoms with E-state index >= 15 is 0 Å². The first-order chi connectivity index (χ1) is 13.1. The van der Waals surface area contributed by atoms with Crippen LogP contribution >= 0.6 is 0 Å². The summed E-state index contributed by atoms with van der Waals surface area (Å²) in [5.41, 5.74) is 10.5. The van der Waals surface area contributed by atoms with Crippen LogP contribution in [0.25, 0.3) is 21.8 Å². The number of ether oxygens (including phenoxy) is 1. The number of anilines is 1. The Hall–Kier alpha value is -3.47. The number of rotatable bonds is 5. The summed E-state index contributed by atoms with van der Waals surface area (Å²) in [6.45, 7) is 0.471. The summed E-state index contributed by atoms with van der Waals surface area (Å²) in [7, 11) is 1.66. The van der Waals surface area contributed by atoms with Crippen LogP contribution in [0.5, 0.6) is 5.75 Å². The van der Waals surface area contributed by atoms with Crippen LogP contribution in [0.4, 0.5) is 5.69 Å². The van der Waals surface area contributed by atoms with Gasteiger partial charge in [0.25, 0.3) is 0 Å². The second-order valence-electron chi connectivity index (χ2n) is 6.61. The van der Waals surface area contributed by atoms with Gasteiger partial charge in [0.15, 0.2) is 0 Å². The molecule has 0 spiro atoms. The molecule has 0 radical (unpaired) electrons. The molecular formula is C22H21N3O2. The first kappa shape index (κ1) is 17.0. The van der Waals surface area contributed by atoms with Gasteiger partial charge in [-0.2, -0.15) is 0 Å². The van der Waals surface area contributed by atoms with E-state index in [1.807, 2.05) is 54.6 Å². The maximum absolute atomic E-state index is 12.3. The van der Waals surface area contributed by atoms with E-state index in [1.165, 1.54) is 0 Å². The van der Waals surface area contributed by atoms with Crippen molar-refractivity contribution in [1.29, 1.82) is 0 Å². The molecule has 5 nitrogen and oxygen atoms in total. The van der Waals surface area contributed by atoms with E-state index < -0.39 is 0 Å². The van der Waals surface area contributed by atoms with Crippen molar-refractivity contribution < 1.29 is 9.53 Å². The molecule has 0 bridgehead atoms. The molecule has 1 amide bonds. The average molecular weight is 359 g/mol. The van der Waals surface area contributed by atoms with Crippen molar-refractivity contribution >= 4 is 33.4 Å². The summed E-state index contributed by atoms with van der Waals surface area (Å²) in [5, 5.41) is 5.22. The van der Waals surface area contributed by atoms with Crippen molar-refractivity contribution in [3.8, 4) is 5.75 Å². The number of H-pyrrole nitrogens is 1. The number of nitrogens with two attached hydrogens (primary N) is 1. The van der Waals surface area contributed by atoms with Crippen molar-refractivity contribution in [2.24, 2.45) is 0 Å². The van der Waals surface area contributed by atoms with E-state index in [1.54, 1.807) is 7.11 Å². The maximum Gasteiger partial charge on any atom is 0.224 e. The number of aromatic amines is 1. The van der Waals surface area contributed by atoms with Crippen molar-refractivity contribution in [1.82, 2.24) is 10.3 Å². The van der Waals surface area contributed by atoms with Crippen molar-refractivity contribution in [2.75, 3.05) is 12.8 Å². The number of aromatic nitrogens is 1. The van der Waals surface area contributed by atoms with Crippen molar-refractivity contribution in [2.45, 2.75) is 13.0 Å². The van der Waals surface area contributed by atoms with Gasteiger partial charge in [0.05, 0.1) is 19.0 Å². The van der Waals surface area contributed by atoms with E-state index in [0.717, 1.165) is 38.7 Å². The monoisotopic (exact) mass is 359 g/mol. The molecule has 0 aliphatic rings. The molecule has 136 valence electrons. The molecule has 4 N–H and O–H groups in total. The van der Waals surface area contributed by atoms with Crippen LogP contribution in [0.3, 0.4) is 0 Å². The quantitative estimate of drug-likeness (QED) is 0.475. The van der Waals surface area contributed by atoms with E-state index in [4.69, 9.17) is 10.5 Å². The van der Waals surface area contributed by atoms with Gasteiger partial charge in [0, 0.05) is 34.6 Å². The molecule has 0 aliphatic carbocycles. The molecule has 3 aromatic carbocycles. The standard InChI is InChI=1S/C22H21N3O2/c1-27-17-6-8-19-18-7-5-14(10-20(18)25-21(19)12-17)11-22(26)24-13-15-3-2-4-16(23)9-15/h2-10,12,25H,11,13,23H2,1H3,(H,24,26). The average Bonchev–Trinajstić information content (AvgIpc) is 3.03. The van der Waals surface area contributed by atoms with Gasteiger partial charge in [-0.15, -0.1) is 0 Å². The Labute approximate surface area is 157 Å². The lowest BCUT2D eigenvalue weighted by atomic mass is 10.1. The Balaban J connectivity index is 1.50. The summed E-state index contributed by atoms with van der Waals surface area (Å²) in [5.74, 6) is 0.796. The van der Waals surface area contributed by atoms with Gasteiger partial charge in [-0.25, -0.2) is 0 Å². The fourth-order valence-corrected chi connectivity index (χ4v) is 3.32. The number of fused-ring (bicyclic) bond motifs is 3. The number of nitrogens with one attached hydrogen (secondary N) is 2. The second kappa shape index (κ2) is 7.03. The first-order valence-corrected chi connectivity index (χ1v) is 8.82. The van der Waals surface area contributed by atoms with Crippen LogP contribution in [0.2, 0.25) is 0 Å². The lowest BCUT2D eigenvalue weighted by Gasteiger charge is -2.06. The van der Waals surface area contributed by atoms with Crippen LogP contribution < -0.4 is 15.8 Å². The fourth-order valence-electron chi connectivity index (χ4n) is 3.32. The summed E-state index contributed by atoms with van der Waals surface area (Å²) in [6.07, 6.45) is 0.330. The minimum atomic E-state index is -0.0189. The topological polar surface area (TPSA) is 80.1 Å². The molecule has 0 atom stereocenters. The van der Waals surface area contributed by atoms with Gasteiger partial charge < -0.3 is 20.8 Å². The van der Waals surface area contributed by atoms with Crippen molar-refractivity contribution in [3.05, 3.63) is 71.8 Å². The van der Waals surface area contributed by atoms with Crippen LogP contribution in [-0.2, 0) is 17.8 Å². The molecule has 0 saturated carbocycles. The highest BCUT2D eigenvalue weighted by atomic mass is 16.5. The first-order valence-electron chi connectivity index (χ1n) is 8.82. The highest BCUT2D eigenvalue weighted by Crippen LogP contribution is 2.29. The van der Waals surface area contributed by atoms with Crippen LogP contribution in [-0.4, -0.2) is 18.0 Å². The molecule has 0 unspecified atom stereocenters. The van der Waals surface area contributed by atoms with Gasteiger partial charge in [0.2, 0.25) is 5.91 Å². The number of amides is 1. The largest absolute Gasteiger partial charge is 0.497 e. The lowest BCUT2D eigenvalue weighted by Crippen LogP contribution is -2.24. The maximum atomic E-state index is 12.3. The van der Waals surface area contributed by atoms with E-state index in [-0.39, 0.29) is 5.91 Å². The predicted molar refractivity (Wildman–Crippen MR) is 109 cm³/mol. The summed E-state index contributed by atoms with van der Waals surface area (Å²) in [4.78, 5) is 15.7. The van der Waals surface area contributed by atoms with Crippen LogP contribution in [0, 0.1) is 0 Å². The third-order valence-corrected chi connectivity index (χ3v) is 4.68. The number of hydrogen-bond donors (Lipinski definition) is 3. The zero-order chi connectivity index (χ0) is 18.8. The van der Waals surface area contributed by atoms with Crippen LogP contribution in [0.1, 0.15) is 11.1 Å². The summed E-state index contributed by atoms with van der Waals surface area (Å²) in [6, 6.07) is 19.6. The second-order valence-corrected chi connectivity index (χ2v) is 6.61. The molecule has 0 saturated heterocycles. The smallest absolute Gasteiger partial charge is 0.224 e. The Kier molecular flexibility index (Phi) is 4.42. The summed E-state index contributed by atoms with van der Waals surface area (Å²) >= 11 is 0. The Morgan fingerprint density at radius 2 is 1.78 bits per heavy atom. The molecule has 5 heteroatoms. The van der Waals surface area contributed by atoms with E-state index in [9.17, 15) is 4.79 Å². The predicted octanol–water partition coefficient (Wildman–Crippen LogP) is 3.77. The van der Waals surface area contributed by atoms with Gasteiger partial charge >= 0.3 is 0 Å². The Morgan fingerprint density at radius 3 is 2.56 bits per heavy atom. The zero-order valence-electron chi connectivity index (χ0n) is 15.1. The van der Waals surface area contributed by atoms with E-state index in [2.05, 4.69) is 16.4 Å². The SMILES string of the molecule is COc1ccc2c(c1)[nH]c1cc(CC(=O)NCc3cccc(N)c3)ccc12. The molecule has 27 heavy (non-hydrogen) atoms. The normalized spacial score (nSPS) is 11.0. The molecule has 4 aromatic rings. The molecule has 1 aromatic heterocycles. The number of nitrogen functional groups attached to an aromatic ring is 1. The number of hydrogen-bond acceptors (Lipinski definition) is 3. The number of benzene rings is 3. The molecule has 1 heterocycles. The Morgan fingerprint density at radius 1 is 1.00 bits per heavy atom. The molecular weight excluding hydrogens is 338 g/mol.